The molecule has 0 aromatic heterocycles. The van der Waals surface area contributed by atoms with Crippen LogP contribution < -0.4 is 5.32 Å². The number of halogens is 1. The largest absolute Gasteiger partial charge is 0.348 e. The Labute approximate surface area is 171 Å². The fraction of sp³-hybridized carbons (Fsp3) is 0.381. The molecule has 0 saturated carbocycles. The van der Waals surface area contributed by atoms with E-state index in [9.17, 15) is 13.2 Å². The van der Waals surface area contributed by atoms with Gasteiger partial charge in [-0.2, -0.15) is 4.31 Å². The van der Waals surface area contributed by atoms with Crippen LogP contribution in [0.3, 0.4) is 0 Å². The maximum atomic E-state index is 13.0. The van der Waals surface area contributed by atoms with Crippen LogP contribution in [-0.4, -0.2) is 31.2 Å². The third-order valence-corrected chi connectivity index (χ3v) is 7.35. The molecule has 1 N–H and O–H groups in total. The number of aryl methyl sites for hydroxylation is 1. The Morgan fingerprint density at radius 1 is 1.18 bits per heavy atom. The summed E-state index contributed by atoms with van der Waals surface area (Å²) in [5, 5.41) is 3.44. The Morgan fingerprint density at radius 2 is 1.82 bits per heavy atom. The highest BCUT2D eigenvalue weighted by atomic mass is 35.5. The molecule has 0 spiro atoms. The molecule has 0 radical (unpaired) electrons. The molecule has 1 heterocycles. The average Bonchev–Trinajstić information content (AvgIpc) is 3.19. The lowest BCUT2D eigenvalue weighted by Crippen LogP contribution is -2.46. The number of nitrogens with one attached hydrogen (secondary N) is 1. The second-order valence-corrected chi connectivity index (χ2v) is 9.38. The van der Waals surface area contributed by atoms with Crippen LogP contribution >= 0.6 is 11.6 Å². The van der Waals surface area contributed by atoms with Crippen molar-refractivity contribution in [3.05, 3.63) is 64.7 Å². The van der Waals surface area contributed by atoms with Gasteiger partial charge in [-0.15, -0.1) is 0 Å². The minimum absolute atomic E-state index is 0.153. The van der Waals surface area contributed by atoms with Crippen LogP contribution in [0.1, 0.15) is 43.9 Å². The predicted octanol–water partition coefficient (Wildman–Crippen LogP) is 3.93. The van der Waals surface area contributed by atoms with E-state index in [0.717, 1.165) is 12.0 Å². The summed E-state index contributed by atoms with van der Waals surface area (Å²) in [6.45, 7) is 4.34. The van der Waals surface area contributed by atoms with Crippen LogP contribution in [0, 0.1) is 0 Å². The lowest BCUT2D eigenvalue weighted by atomic mass is 10.0. The lowest BCUT2D eigenvalue weighted by molar-refractivity contribution is -0.124. The number of carbonyl (C=O) groups is 1. The number of hydrogen-bond donors (Lipinski definition) is 1. The molecule has 1 aliphatic rings. The fourth-order valence-electron chi connectivity index (χ4n) is 3.47. The second kappa shape index (κ2) is 8.64. The van der Waals surface area contributed by atoms with Crippen LogP contribution in [0.15, 0.2) is 53.4 Å². The lowest BCUT2D eigenvalue weighted by Gasteiger charge is -2.25. The maximum Gasteiger partial charge on any atom is 0.243 e. The number of nitrogens with zero attached hydrogens (tertiary/aromatic N) is 1. The summed E-state index contributed by atoms with van der Waals surface area (Å²) in [4.78, 5) is 13.0. The number of benzene rings is 2. The summed E-state index contributed by atoms with van der Waals surface area (Å²) in [5.41, 5.74) is 2.23. The third-order valence-electron chi connectivity index (χ3n) is 5.17. The highest BCUT2D eigenvalue weighted by Crippen LogP contribution is 2.27. The molecular formula is C21H25ClN2O3S. The van der Waals surface area contributed by atoms with Gasteiger partial charge in [0.25, 0.3) is 0 Å². The zero-order chi connectivity index (χ0) is 20.3. The molecule has 150 valence electrons. The van der Waals surface area contributed by atoms with Gasteiger partial charge in [-0.25, -0.2) is 8.42 Å². The smallest absolute Gasteiger partial charge is 0.243 e. The predicted molar refractivity (Wildman–Crippen MR) is 111 cm³/mol. The first-order chi connectivity index (χ1) is 13.3. The van der Waals surface area contributed by atoms with Crippen molar-refractivity contribution in [1.82, 2.24) is 9.62 Å². The summed E-state index contributed by atoms with van der Waals surface area (Å²) < 4.78 is 27.3. The van der Waals surface area contributed by atoms with Crippen molar-refractivity contribution in [2.45, 2.75) is 50.1 Å². The molecule has 2 aromatic rings. The third kappa shape index (κ3) is 4.40. The van der Waals surface area contributed by atoms with E-state index >= 15 is 0 Å². The second-order valence-electron chi connectivity index (χ2n) is 7.05. The molecule has 0 aliphatic carbocycles. The number of amides is 1. The Kier molecular flexibility index (Phi) is 6.43. The van der Waals surface area contributed by atoms with Crippen molar-refractivity contribution < 1.29 is 13.2 Å². The van der Waals surface area contributed by atoms with E-state index in [1.54, 1.807) is 12.1 Å². The molecule has 2 aromatic carbocycles. The van der Waals surface area contributed by atoms with Crippen molar-refractivity contribution in [3.8, 4) is 0 Å². The van der Waals surface area contributed by atoms with Crippen molar-refractivity contribution in [1.29, 1.82) is 0 Å². The first-order valence-corrected chi connectivity index (χ1v) is 11.3. The topological polar surface area (TPSA) is 66.5 Å². The standard InChI is InChI=1S/C21H25ClN2O3S/c1-3-16-6-8-17(9-7-16)15(2)23-21(25)20-5-4-14-24(20)28(26,27)19-12-10-18(22)11-13-19/h6-13,15,20H,3-5,14H2,1-2H3,(H,23,25)/t15-,20+/m0/s1. The van der Waals surface area contributed by atoms with Crippen molar-refractivity contribution in [2.24, 2.45) is 0 Å². The number of rotatable bonds is 6. The molecule has 1 fully saturated rings. The van der Waals surface area contributed by atoms with Gasteiger partial charge in [0.15, 0.2) is 0 Å². The molecule has 0 bridgehead atoms. The number of sulfonamides is 1. The van der Waals surface area contributed by atoms with E-state index in [4.69, 9.17) is 11.6 Å². The first-order valence-electron chi connectivity index (χ1n) is 9.49. The first kappa shape index (κ1) is 20.8. The molecule has 2 atom stereocenters. The molecule has 0 unspecified atom stereocenters. The highest BCUT2D eigenvalue weighted by molar-refractivity contribution is 7.89. The Balaban J connectivity index is 1.74. The molecule has 1 aliphatic heterocycles. The van der Waals surface area contributed by atoms with Crippen LogP contribution in [0.4, 0.5) is 0 Å². The monoisotopic (exact) mass is 420 g/mol. The van der Waals surface area contributed by atoms with Crippen LogP contribution in [-0.2, 0) is 21.2 Å². The summed E-state index contributed by atoms with van der Waals surface area (Å²) in [5.74, 6) is -0.262. The quantitative estimate of drug-likeness (QED) is 0.769. The summed E-state index contributed by atoms with van der Waals surface area (Å²) in [6, 6.07) is 13.2. The van der Waals surface area contributed by atoms with Gasteiger partial charge in [-0.05, 0) is 61.6 Å². The van der Waals surface area contributed by atoms with Crippen molar-refractivity contribution >= 4 is 27.5 Å². The Hall–Kier alpha value is -1.89. The molecular weight excluding hydrogens is 396 g/mol. The van der Waals surface area contributed by atoms with Gasteiger partial charge in [-0.1, -0.05) is 42.8 Å². The van der Waals surface area contributed by atoms with E-state index in [-0.39, 0.29) is 16.8 Å². The fourth-order valence-corrected chi connectivity index (χ4v) is 5.25. The molecule has 7 heteroatoms. The molecule has 3 rings (SSSR count). The van der Waals surface area contributed by atoms with Crippen molar-refractivity contribution in [2.75, 3.05) is 6.54 Å². The molecule has 1 amide bonds. The van der Waals surface area contributed by atoms with E-state index in [0.29, 0.717) is 24.4 Å². The zero-order valence-electron chi connectivity index (χ0n) is 16.1. The van der Waals surface area contributed by atoms with Gasteiger partial charge in [-0.3, -0.25) is 4.79 Å². The number of carbonyl (C=O) groups excluding carboxylic acids is 1. The van der Waals surface area contributed by atoms with Crippen LogP contribution in [0.5, 0.6) is 0 Å². The minimum atomic E-state index is -3.75. The van der Waals surface area contributed by atoms with Crippen LogP contribution in [0.25, 0.3) is 0 Å². The van der Waals surface area contributed by atoms with E-state index in [1.807, 2.05) is 31.2 Å². The normalized spacial score (nSPS) is 18.8. The zero-order valence-corrected chi connectivity index (χ0v) is 17.6. The van der Waals surface area contributed by atoms with E-state index in [2.05, 4.69) is 12.2 Å². The average molecular weight is 421 g/mol. The molecule has 28 heavy (non-hydrogen) atoms. The van der Waals surface area contributed by atoms with Gasteiger partial charge in [0, 0.05) is 11.6 Å². The highest BCUT2D eigenvalue weighted by Gasteiger charge is 2.39. The van der Waals surface area contributed by atoms with Crippen LogP contribution in [0.2, 0.25) is 5.02 Å². The Morgan fingerprint density at radius 3 is 2.43 bits per heavy atom. The van der Waals surface area contributed by atoms with Gasteiger partial charge in [0.2, 0.25) is 15.9 Å². The summed E-state index contributed by atoms with van der Waals surface area (Å²) in [7, 11) is -3.75. The number of hydrogen-bond acceptors (Lipinski definition) is 3. The summed E-state index contributed by atoms with van der Waals surface area (Å²) >= 11 is 5.86. The van der Waals surface area contributed by atoms with Crippen molar-refractivity contribution in [3.63, 3.8) is 0 Å². The SMILES string of the molecule is CCc1ccc([C@H](C)NC(=O)[C@H]2CCCN2S(=O)(=O)c2ccc(Cl)cc2)cc1. The molecule has 5 nitrogen and oxygen atoms in total. The van der Waals surface area contributed by atoms with E-state index in [1.165, 1.54) is 22.0 Å². The van der Waals surface area contributed by atoms with Gasteiger partial charge in [0.1, 0.15) is 6.04 Å². The van der Waals surface area contributed by atoms with Gasteiger partial charge < -0.3 is 5.32 Å². The van der Waals surface area contributed by atoms with Gasteiger partial charge in [0.05, 0.1) is 10.9 Å². The minimum Gasteiger partial charge on any atom is -0.348 e. The Bertz CT molecular complexity index is 927. The van der Waals surface area contributed by atoms with Gasteiger partial charge >= 0.3 is 0 Å². The van der Waals surface area contributed by atoms with E-state index < -0.39 is 16.1 Å². The summed E-state index contributed by atoms with van der Waals surface area (Å²) in [6.07, 6.45) is 2.13. The maximum absolute atomic E-state index is 13.0. The molecule has 1 saturated heterocycles.